The van der Waals surface area contributed by atoms with Crippen molar-refractivity contribution in [3.05, 3.63) is 59.7 Å². The van der Waals surface area contributed by atoms with Gasteiger partial charge in [-0.3, -0.25) is 0 Å². The minimum absolute atomic E-state index is 0.312. The first-order valence-corrected chi connectivity index (χ1v) is 11.0. The van der Waals surface area contributed by atoms with Gasteiger partial charge in [-0.1, -0.05) is 45.0 Å². The van der Waals surface area contributed by atoms with Crippen LogP contribution < -0.4 is 10.6 Å². The van der Waals surface area contributed by atoms with Gasteiger partial charge in [0.15, 0.2) is 5.11 Å². The van der Waals surface area contributed by atoms with Gasteiger partial charge >= 0.3 is 0 Å². The molecule has 0 amide bonds. The molecule has 0 saturated carbocycles. The number of nitrogens with zero attached hydrogens (tertiary/aromatic N) is 1. The van der Waals surface area contributed by atoms with E-state index in [2.05, 4.69) is 29.7 Å². The lowest BCUT2D eigenvalue weighted by Crippen LogP contribution is -2.30. The molecule has 27 heavy (non-hydrogen) atoms. The first kappa shape index (κ1) is 21.3. The molecule has 0 unspecified atom stereocenters. The largest absolute Gasteiger partial charge is 0.358 e. The molecule has 0 saturated heterocycles. The number of rotatable bonds is 8. The van der Waals surface area contributed by atoms with Gasteiger partial charge in [-0.05, 0) is 54.0 Å². The lowest BCUT2D eigenvalue weighted by molar-refractivity contribution is 0.445. The van der Waals surface area contributed by atoms with Crippen LogP contribution in [0.1, 0.15) is 31.9 Å². The molecular weight excluding hydrogens is 378 g/mol. The minimum atomic E-state index is -3.42. The van der Waals surface area contributed by atoms with E-state index < -0.39 is 10.0 Å². The summed E-state index contributed by atoms with van der Waals surface area (Å²) in [7, 11) is -3.42. The molecule has 2 aromatic rings. The summed E-state index contributed by atoms with van der Waals surface area (Å²) >= 11 is 5.32. The molecule has 0 aliphatic carbocycles. The second kappa shape index (κ2) is 9.82. The summed E-state index contributed by atoms with van der Waals surface area (Å²) in [5, 5.41) is 6.81. The van der Waals surface area contributed by atoms with Crippen molar-refractivity contribution >= 4 is 33.0 Å². The highest BCUT2D eigenvalue weighted by atomic mass is 32.2. The van der Waals surface area contributed by atoms with Crippen LogP contribution in [-0.4, -0.2) is 30.9 Å². The van der Waals surface area contributed by atoms with Gasteiger partial charge < -0.3 is 10.6 Å². The summed E-state index contributed by atoms with van der Waals surface area (Å²) < 4.78 is 26.4. The smallest absolute Gasteiger partial charge is 0.243 e. The first-order chi connectivity index (χ1) is 12.9. The molecule has 0 aliphatic rings. The number of hydrogen-bond donors (Lipinski definition) is 2. The van der Waals surface area contributed by atoms with Crippen LogP contribution >= 0.6 is 12.2 Å². The highest BCUT2D eigenvalue weighted by Gasteiger charge is 2.21. The van der Waals surface area contributed by atoms with Crippen LogP contribution in [0, 0.1) is 0 Å². The van der Waals surface area contributed by atoms with Gasteiger partial charge in [-0.15, -0.1) is 0 Å². The molecule has 5 nitrogen and oxygen atoms in total. The fraction of sp³-hybridized carbons (Fsp3) is 0.350. The highest BCUT2D eigenvalue weighted by molar-refractivity contribution is 7.89. The molecule has 0 aromatic heterocycles. The number of sulfonamides is 1. The van der Waals surface area contributed by atoms with Gasteiger partial charge in [-0.25, -0.2) is 8.42 Å². The predicted molar refractivity (Wildman–Crippen MR) is 115 cm³/mol. The summed E-state index contributed by atoms with van der Waals surface area (Å²) in [5.41, 5.74) is 3.17. The Kier molecular flexibility index (Phi) is 7.77. The van der Waals surface area contributed by atoms with Crippen LogP contribution in [0.5, 0.6) is 0 Å². The molecule has 146 valence electrons. The third kappa shape index (κ3) is 5.76. The Bertz CT molecular complexity index is 844. The Morgan fingerprint density at radius 2 is 1.48 bits per heavy atom. The molecule has 2 rings (SSSR count). The molecule has 2 N–H and O–H groups in total. The third-order valence-electron chi connectivity index (χ3n) is 4.34. The van der Waals surface area contributed by atoms with Crippen molar-refractivity contribution in [3.8, 4) is 0 Å². The van der Waals surface area contributed by atoms with Crippen LogP contribution in [0.4, 0.5) is 5.69 Å². The summed E-state index contributed by atoms with van der Waals surface area (Å²) in [5.74, 6) is 0. The maximum atomic E-state index is 12.5. The van der Waals surface area contributed by atoms with Crippen molar-refractivity contribution < 1.29 is 8.42 Å². The van der Waals surface area contributed by atoms with Crippen LogP contribution in [0.2, 0.25) is 0 Å². The van der Waals surface area contributed by atoms with E-state index in [1.165, 1.54) is 9.87 Å². The van der Waals surface area contributed by atoms with E-state index in [1.807, 2.05) is 38.1 Å². The number of thiocarbonyl (C=S) groups is 1. The van der Waals surface area contributed by atoms with E-state index in [0.29, 0.717) is 29.6 Å². The van der Waals surface area contributed by atoms with Crippen molar-refractivity contribution in [1.82, 2.24) is 9.62 Å². The van der Waals surface area contributed by atoms with Crippen molar-refractivity contribution in [3.63, 3.8) is 0 Å². The molecule has 0 radical (unpaired) electrons. The van der Waals surface area contributed by atoms with Crippen molar-refractivity contribution in [1.29, 1.82) is 0 Å². The van der Waals surface area contributed by atoms with Crippen molar-refractivity contribution in [2.24, 2.45) is 0 Å². The highest BCUT2D eigenvalue weighted by Crippen LogP contribution is 2.16. The molecule has 0 heterocycles. The molecule has 0 bridgehead atoms. The van der Waals surface area contributed by atoms with E-state index in [0.717, 1.165) is 17.7 Å². The zero-order valence-electron chi connectivity index (χ0n) is 16.0. The Balaban J connectivity index is 1.93. The predicted octanol–water partition coefficient (Wildman–Crippen LogP) is 3.77. The summed E-state index contributed by atoms with van der Waals surface area (Å²) in [6.45, 7) is 7.23. The fourth-order valence-corrected chi connectivity index (χ4v) is 4.32. The van der Waals surface area contributed by atoms with Gasteiger partial charge in [0.1, 0.15) is 0 Å². The van der Waals surface area contributed by atoms with Crippen LogP contribution in [0.25, 0.3) is 0 Å². The SMILES string of the molecule is CCc1ccc(NC(=S)NCc2ccc(S(=O)(=O)N(CC)CC)cc2)cc1. The second-order valence-electron chi connectivity index (χ2n) is 6.09. The molecular formula is C20H27N3O2S2. The fourth-order valence-electron chi connectivity index (χ4n) is 2.67. The van der Waals surface area contributed by atoms with E-state index in [4.69, 9.17) is 12.2 Å². The Labute approximate surface area is 167 Å². The molecule has 0 fully saturated rings. The van der Waals surface area contributed by atoms with E-state index >= 15 is 0 Å². The second-order valence-corrected chi connectivity index (χ2v) is 8.44. The molecule has 0 aliphatic heterocycles. The average molecular weight is 406 g/mol. The number of aryl methyl sites for hydroxylation is 1. The van der Waals surface area contributed by atoms with Crippen LogP contribution in [0.15, 0.2) is 53.4 Å². The molecule has 2 aromatic carbocycles. The van der Waals surface area contributed by atoms with Crippen LogP contribution in [0.3, 0.4) is 0 Å². The zero-order chi connectivity index (χ0) is 19.9. The third-order valence-corrected chi connectivity index (χ3v) is 6.65. The van der Waals surface area contributed by atoms with Gasteiger partial charge in [0.2, 0.25) is 10.0 Å². The van der Waals surface area contributed by atoms with E-state index in [1.54, 1.807) is 12.1 Å². The minimum Gasteiger partial charge on any atom is -0.358 e. The molecule has 7 heteroatoms. The molecule has 0 spiro atoms. The normalized spacial score (nSPS) is 11.4. The average Bonchev–Trinajstić information content (AvgIpc) is 2.68. The number of benzene rings is 2. The maximum Gasteiger partial charge on any atom is 0.243 e. The standard InChI is InChI=1S/C20H27N3O2S2/c1-4-16-7-11-18(12-8-16)22-20(26)21-15-17-9-13-19(14-10-17)27(24,25)23(5-2)6-3/h7-14H,4-6,15H2,1-3H3,(H2,21,22,26). The lowest BCUT2D eigenvalue weighted by atomic mass is 10.1. The van der Waals surface area contributed by atoms with Crippen molar-refractivity contribution in [2.75, 3.05) is 18.4 Å². The summed E-state index contributed by atoms with van der Waals surface area (Å²) in [6, 6.07) is 15.0. The van der Waals surface area contributed by atoms with Crippen molar-refractivity contribution in [2.45, 2.75) is 38.6 Å². The lowest BCUT2D eigenvalue weighted by Gasteiger charge is -2.18. The first-order valence-electron chi connectivity index (χ1n) is 9.13. The van der Waals surface area contributed by atoms with Gasteiger partial charge in [0, 0.05) is 25.3 Å². The number of hydrogen-bond acceptors (Lipinski definition) is 3. The van der Waals surface area contributed by atoms with Gasteiger partial charge in [-0.2, -0.15) is 4.31 Å². The Morgan fingerprint density at radius 3 is 2.00 bits per heavy atom. The summed E-state index contributed by atoms with van der Waals surface area (Å²) in [6.07, 6.45) is 1.00. The van der Waals surface area contributed by atoms with Crippen LogP contribution in [-0.2, 0) is 23.0 Å². The quantitative estimate of drug-likeness (QED) is 0.655. The zero-order valence-corrected chi connectivity index (χ0v) is 17.7. The Morgan fingerprint density at radius 1 is 0.926 bits per heavy atom. The maximum absolute atomic E-state index is 12.5. The summed E-state index contributed by atoms with van der Waals surface area (Å²) in [4.78, 5) is 0.312. The number of nitrogens with one attached hydrogen (secondary N) is 2. The van der Waals surface area contributed by atoms with Gasteiger partial charge in [0.05, 0.1) is 4.90 Å². The topological polar surface area (TPSA) is 61.4 Å². The monoisotopic (exact) mass is 405 g/mol. The van der Waals surface area contributed by atoms with E-state index in [9.17, 15) is 8.42 Å². The molecule has 0 atom stereocenters. The van der Waals surface area contributed by atoms with Gasteiger partial charge in [0.25, 0.3) is 0 Å². The number of anilines is 1. The Hall–Kier alpha value is -1.96. The van der Waals surface area contributed by atoms with E-state index in [-0.39, 0.29) is 0 Å².